The Morgan fingerprint density at radius 2 is 2.23 bits per heavy atom. The predicted molar refractivity (Wildman–Crippen MR) is 49.1 cm³/mol. The topological polar surface area (TPSA) is 17.3 Å². The highest BCUT2D eigenvalue weighted by Gasteiger charge is 2.00. The van der Waals surface area contributed by atoms with Gasteiger partial charge in [0.2, 0.25) is 0 Å². The average Bonchev–Trinajstić information content (AvgIpc) is 2.46. The molecule has 2 aromatic rings. The maximum Gasteiger partial charge on any atom is 0.139 e. The van der Waals surface area contributed by atoms with Crippen LogP contribution in [0.15, 0.2) is 24.5 Å². The van der Waals surface area contributed by atoms with Gasteiger partial charge in [0.25, 0.3) is 0 Å². The molecule has 2 rings (SSSR count). The number of halogens is 1. The van der Waals surface area contributed by atoms with E-state index in [4.69, 9.17) is 0 Å². The summed E-state index contributed by atoms with van der Waals surface area (Å²) in [7, 11) is 0. The van der Waals surface area contributed by atoms with Gasteiger partial charge < -0.3 is 4.40 Å². The summed E-state index contributed by atoms with van der Waals surface area (Å²) in [6.07, 6.45) is 5.33. The van der Waals surface area contributed by atoms with Gasteiger partial charge in [0, 0.05) is 12.4 Å². The van der Waals surface area contributed by atoms with Crippen LogP contribution in [0, 0.1) is 5.82 Å². The van der Waals surface area contributed by atoms with E-state index in [9.17, 15) is 4.39 Å². The number of nitrogens with zero attached hydrogens (tertiary/aromatic N) is 2. The first-order chi connectivity index (χ1) is 6.29. The fourth-order valence-electron chi connectivity index (χ4n) is 1.39. The fourth-order valence-corrected chi connectivity index (χ4v) is 1.39. The van der Waals surface area contributed by atoms with Gasteiger partial charge in [0.1, 0.15) is 11.5 Å². The van der Waals surface area contributed by atoms with Crippen LogP contribution in [0.1, 0.15) is 19.0 Å². The molecule has 0 amide bonds. The molecule has 2 aromatic heterocycles. The third-order valence-electron chi connectivity index (χ3n) is 1.97. The first kappa shape index (κ1) is 8.23. The number of imidazole rings is 1. The zero-order chi connectivity index (χ0) is 9.26. The molecule has 0 aromatic carbocycles. The van der Waals surface area contributed by atoms with Crippen LogP contribution in [0.25, 0.3) is 5.65 Å². The van der Waals surface area contributed by atoms with E-state index in [2.05, 4.69) is 11.9 Å². The van der Waals surface area contributed by atoms with Crippen LogP contribution in [0.5, 0.6) is 0 Å². The maximum atomic E-state index is 12.8. The first-order valence-electron chi connectivity index (χ1n) is 4.42. The summed E-state index contributed by atoms with van der Waals surface area (Å²) in [6.45, 7) is 2.10. The number of rotatable bonds is 2. The minimum atomic E-state index is -0.229. The van der Waals surface area contributed by atoms with E-state index in [1.165, 1.54) is 12.3 Å². The normalized spacial score (nSPS) is 10.9. The van der Waals surface area contributed by atoms with Crippen molar-refractivity contribution >= 4 is 5.65 Å². The van der Waals surface area contributed by atoms with Gasteiger partial charge in [-0.1, -0.05) is 13.3 Å². The highest BCUT2D eigenvalue weighted by Crippen LogP contribution is 2.08. The van der Waals surface area contributed by atoms with Crippen molar-refractivity contribution in [2.24, 2.45) is 0 Å². The highest BCUT2D eigenvalue weighted by atomic mass is 19.1. The zero-order valence-electron chi connectivity index (χ0n) is 7.50. The van der Waals surface area contributed by atoms with E-state index < -0.39 is 0 Å². The molecular formula is C10H11FN2. The van der Waals surface area contributed by atoms with Crippen molar-refractivity contribution in [3.05, 3.63) is 36.0 Å². The third-order valence-corrected chi connectivity index (χ3v) is 1.97. The van der Waals surface area contributed by atoms with E-state index in [1.807, 2.05) is 6.20 Å². The van der Waals surface area contributed by atoms with Crippen molar-refractivity contribution in [3.8, 4) is 0 Å². The first-order valence-corrected chi connectivity index (χ1v) is 4.42. The van der Waals surface area contributed by atoms with Crippen molar-refractivity contribution in [2.75, 3.05) is 0 Å². The van der Waals surface area contributed by atoms with Crippen molar-refractivity contribution in [2.45, 2.75) is 19.8 Å². The summed E-state index contributed by atoms with van der Waals surface area (Å²) < 4.78 is 14.5. The molecule has 0 N–H and O–H groups in total. The second-order valence-corrected chi connectivity index (χ2v) is 3.10. The van der Waals surface area contributed by atoms with E-state index in [0.29, 0.717) is 0 Å². The highest BCUT2D eigenvalue weighted by molar-refractivity contribution is 5.39. The standard InChI is InChI=1S/C10H11FN2/c1-2-3-9-7-13-6-8(11)4-5-10(13)12-9/h4-7H,2-3H2,1H3. The molecule has 0 bridgehead atoms. The number of aryl methyl sites for hydroxylation is 1. The molecule has 0 fully saturated rings. The summed E-state index contributed by atoms with van der Waals surface area (Å²) in [6, 6.07) is 3.12. The number of hydrogen-bond donors (Lipinski definition) is 0. The van der Waals surface area contributed by atoms with Gasteiger partial charge in [-0.2, -0.15) is 0 Å². The molecule has 0 spiro atoms. The fraction of sp³-hybridized carbons (Fsp3) is 0.300. The Kier molecular flexibility index (Phi) is 2.00. The molecule has 0 saturated heterocycles. The SMILES string of the molecule is CCCc1cn2cc(F)ccc2n1. The summed E-state index contributed by atoms with van der Waals surface area (Å²) in [5, 5.41) is 0. The Hall–Kier alpha value is -1.38. The van der Waals surface area contributed by atoms with Crippen molar-refractivity contribution in [1.29, 1.82) is 0 Å². The number of aromatic nitrogens is 2. The lowest BCUT2D eigenvalue weighted by molar-refractivity contribution is 0.619. The molecule has 0 atom stereocenters. The van der Waals surface area contributed by atoms with Crippen LogP contribution >= 0.6 is 0 Å². The molecule has 0 saturated carbocycles. The lowest BCUT2D eigenvalue weighted by Gasteiger charge is -1.90. The quantitative estimate of drug-likeness (QED) is 0.690. The van der Waals surface area contributed by atoms with Gasteiger partial charge in [-0.15, -0.1) is 0 Å². The monoisotopic (exact) mass is 178 g/mol. The summed E-state index contributed by atoms with van der Waals surface area (Å²) in [4.78, 5) is 4.34. The van der Waals surface area contributed by atoms with E-state index in [0.717, 1.165) is 24.2 Å². The van der Waals surface area contributed by atoms with Gasteiger partial charge in [-0.05, 0) is 18.6 Å². The molecule has 0 aliphatic heterocycles. The van der Waals surface area contributed by atoms with Gasteiger partial charge in [0.05, 0.1) is 5.69 Å². The number of fused-ring (bicyclic) bond motifs is 1. The van der Waals surface area contributed by atoms with Crippen LogP contribution in [0.3, 0.4) is 0 Å². The Morgan fingerprint density at radius 1 is 1.38 bits per heavy atom. The van der Waals surface area contributed by atoms with Crippen LogP contribution in [0.2, 0.25) is 0 Å². The molecule has 0 unspecified atom stereocenters. The van der Waals surface area contributed by atoms with E-state index in [-0.39, 0.29) is 5.82 Å². The average molecular weight is 178 g/mol. The minimum Gasteiger partial charge on any atom is -0.304 e. The van der Waals surface area contributed by atoms with Crippen LogP contribution < -0.4 is 0 Å². The maximum absolute atomic E-state index is 12.8. The van der Waals surface area contributed by atoms with Crippen LogP contribution in [-0.4, -0.2) is 9.38 Å². The molecule has 3 heteroatoms. The molecular weight excluding hydrogens is 167 g/mol. The molecule has 68 valence electrons. The van der Waals surface area contributed by atoms with Gasteiger partial charge in [-0.25, -0.2) is 9.37 Å². The Bertz CT molecular complexity index is 420. The smallest absolute Gasteiger partial charge is 0.139 e. The van der Waals surface area contributed by atoms with E-state index >= 15 is 0 Å². The zero-order valence-corrected chi connectivity index (χ0v) is 7.50. The van der Waals surface area contributed by atoms with Crippen molar-refractivity contribution < 1.29 is 4.39 Å². The van der Waals surface area contributed by atoms with Crippen molar-refractivity contribution in [3.63, 3.8) is 0 Å². The number of hydrogen-bond acceptors (Lipinski definition) is 1. The van der Waals surface area contributed by atoms with Gasteiger partial charge in [-0.3, -0.25) is 0 Å². The molecule has 13 heavy (non-hydrogen) atoms. The van der Waals surface area contributed by atoms with Gasteiger partial charge in [0.15, 0.2) is 0 Å². The van der Waals surface area contributed by atoms with Crippen LogP contribution in [0.4, 0.5) is 4.39 Å². The number of pyridine rings is 1. The lowest BCUT2D eigenvalue weighted by Crippen LogP contribution is -1.83. The summed E-state index contributed by atoms with van der Waals surface area (Å²) >= 11 is 0. The molecule has 0 aliphatic rings. The molecule has 2 nitrogen and oxygen atoms in total. The third kappa shape index (κ3) is 1.54. The molecule has 0 aliphatic carbocycles. The lowest BCUT2D eigenvalue weighted by atomic mass is 10.3. The van der Waals surface area contributed by atoms with E-state index in [1.54, 1.807) is 10.5 Å². The van der Waals surface area contributed by atoms with Crippen molar-refractivity contribution in [1.82, 2.24) is 9.38 Å². The second kappa shape index (κ2) is 3.17. The van der Waals surface area contributed by atoms with Gasteiger partial charge >= 0.3 is 0 Å². The van der Waals surface area contributed by atoms with Crippen LogP contribution in [-0.2, 0) is 6.42 Å². The Morgan fingerprint density at radius 3 is 3.00 bits per heavy atom. The largest absolute Gasteiger partial charge is 0.304 e. The minimum absolute atomic E-state index is 0.229. The Labute approximate surface area is 76.0 Å². The summed E-state index contributed by atoms with van der Waals surface area (Å²) in [5.74, 6) is -0.229. The summed E-state index contributed by atoms with van der Waals surface area (Å²) in [5.41, 5.74) is 1.83. The Balaban J connectivity index is 2.49. The predicted octanol–water partition coefficient (Wildman–Crippen LogP) is 2.43. The molecule has 2 heterocycles. The molecule has 0 radical (unpaired) electrons. The second-order valence-electron chi connectivity index (χ2n) is 3.10.